The predicted molar refractivity (Wildman–Crippen MR) is 62.6 cm³/mol. The van der Waals surface area contributed by atoms with E-state index in [0.29, 0.717) is 6.04 Å². The van der Waals surface area contributed by atoms with Crippen LogP contribution in [0.1, 0.15) is 46.5 Å². The van der Waals surface area contributed by atoms with Gasteiger partial charge in [0.2, 0.25) is 0 Å². The first-order chi connectivity index (χ1) is 6.72. The lowest BCUT2D eigenvalue weighted by atomic mass is 9.98. The molecule has 1 N–H and O–H groups in total. The van der Waals surface area contributed by atoms with E-state index in [1.165, 1.54) is 25.7 Å². The first-order valence-electron chi connectivity index (χ1n) is 5.94. The molecule has 0 bridgehead atoms. The van der Waals surface area contributed by atoms with E-state index in [0.717, 1.165) is 19.1 Å². The van der Waals surface area contributed by atoms with E-state index in [1.54, 1.807) is 7.11 Å². The molecule has 86 valence electrons. The van der Waals surface area contributed by atoms with Gasteiger partial charge in [0.1, 0.15) is 0 Å². The van der Waals surface area contributed by atoms with Gasteiger partial charge < -0.3 is 10.1 Å². The van der Waals surface area contributed by atoms with E-state index in [9.17, 15) is 0 Å². The van der Waals surface area contributed by atoms with Crippen molar-refractivity contribution < 1.29 is 4.74 Å². The van der Waals surface area contributed by atoms with Crippen LogP contribution in [0, 0.1) is 5.92 Å². The molecule has 0 aliphatic rings. The van der Waals surface area contributed by atoms with Crippen LogP contribution in [0.25, 0.3) is 0 Å². The fourth-order valence-electron chi connectivity index (χ4n) is 1.61. The number of methoxy groups -OCH3 is 1. The standard InChI is InChI=1S/C12H27NO/c1-5-9-13-12(11(2)3)8-6-7-10-14-4/h11-13H,5-10H2,1-4H3. The number of nitrogens with one attached hydrogen (secondary N) is 1. The maximum atomic E-state index is 5.04. The molecule has 1 atom stereocenters. The maximum Gasteiger partial charge on any atom is 0.0462 e. The Morgan fingerprint density at radius 1 is 1.21 bits per heavy atom. The highest BCUT2D eigenvalue weighted by Crippen LogP contribution is 2.10. The topological polar surface area (TPSA) is 21.3 Å². The Morgan fingerprint density at radius 2 is 1.93 bits per heavy atom. The molecule has 0 spiro atoms. The van der Waals surface area contributed by atoms with E-state index < -0.39 is 0 Å². The van der Waals surface area contributed by atoms with Crippen LogP contribution in [0.4, 0.5) is 0 Å². The van der Waals surface area contributed by atoms with E-state index in [4.69, 9.17) is 4.74 Å². The van der Waals surface area contributed by atoms with Crippen LogP contribution in [0.15, 0.2) is 0 Å². The summed E-state index contributed by atoms with van der Waals surface area (Å²) in [5, 5.41) is 3.60. The molecule has 1 unspecified atom stereocenters. The molecule has 0 aliphatic carbocycles. The maximum absolute atomic E-state index is 5.04. The third-order valence-electron chi connectivity index (χ3n) is 2.57. The summed E-state index contributed by atoms with van der Waals surface area (Å²) in [6.45, 7) is 8.86. The Bertz CT molecular complexity index is 115. The van der Waals surface area contributed by atoms with Crippen molar-refractivity contribution in [1.29, 1.82) is 0 Å². The lowest BCUT2D eigenvalue weighted by Gasteiger charge is -2.22. The molecule has 0 saturated heterocycles. The molecule has 0 aromatic rings. The Labute approximate surface area is 89.4 Å². The van der Waals surface area contributed by atoms with Gasteiger partial charge in [0.05, 0.1) is 0 Å². The molecule has 0 radical (unpaired) electrons. The molecule has 0 aliphatic heterocycles. The van der Waals surface area contributed by atoms with Gasteiger partial charge in [-0.15, -0.1) is 0 Å². The monoisotopic (exact) mass is 201 g/mol. The van der Waals surface area contributed by atoms with E-state index in [-0.39, 0.29) is 0 Å². The molecule has 0 saturated carbocycles. The number of hydrogen-bond donors (Lipinski definition) is 1. The third kappa shape index (κ3) is 7.34. The van der Waals surface area contributed by atoms with Gasteiger partial charge in [-0.2, -0.15) is 0 Å². The van der Waals surface area contributed by atoms with Crippen LogP contribution in [0.2, 0.25) is 0 Å². The van der Waals surface area contributed by atoms with Crippen LogP contribution in [-0.2, 0) is 4.74 Å². The third-order valence-corrected chi connectivity index (χ3v) is 2.57. The zero-order chi connectivity index (χ0) is 10.8. The summed E-state index contributed by atoms with van der Waals surface area (Å²) in [5.41, 5.74) is 0. The first kappa shape index (κ1) is 13.9. The normalized spacial score (nSPS) is 13.5. The fourth-order valence-corrected chi connectivity index (χ4v) is 1.61. The summed E-state index contributed by atoms with van der Waals surface area (Å²) >= 11 is 0. The second-order valence-electron chi connectivity index (χ2n) is 4.29. The van der Waals surface area contributed by atoms with Gasteiger partial charge in [-0.25, -0.2) is 0 Å². The molecule has 2 nitrogen and oxygen atoms in total. The van der Waals surface area contributed by atoms with Crippen molar-refractivity contribution in [2.45, 2.75) is 52.5 Å². The summed E-state index contributed by atoms with van der Waals surface area (Å²) in [4.78, 5) is 0. The van der Waals surface area contributed by atoms with Crippen molar-refractivity contribution in [3.8, 4) is 0 Å². The van der Waals surface area contributed by atoms with Crippen LogP contribution >= 0.6 is 0 Å². The Morgan fingerprint density at radius 3 is 2.43 bits per heavy atom. The van der Waals surface area contributed by atoms with Gasteiger partial charge in [0.25, 0.3) is 0 Å². The molecule has 14 heavy (non-hydrogen) atoms. The molecule has 0 fully saturated rings. The Kier molecular flexibility index (Phi) is 9.42. The van der Waals surface area contributed by atoms with E-state index in [1.807, 2.05) is 0 Å². The summed E-state index contributed by atoms with van der Waals surface area (Å²) < 4.78 is 5.04. The van der Waals surface area contributed by atoms with Crippen LogP contribution < -0.4 is 5.32 Å². The molecule has 0 rings (SSSR count). The number of ether oxygens (including phenoxy) is 1. The van der Waals surface area contributed by atoms with Crippen molar-refractivity contribution in [2.24, 2.45) is 5.92 Å². The van der Waals surface area contributed by atoms with Crippen molar-refractivity contribution in [3.63, 3.8) is 0 Å². The zero-order valence-corrected chi connectivity index (χ0v) is 10.3. The average Bonchev–Trinajstić information content (AvgIpc) is 2.16. The lowest BCUT2D eigenvalue weighted by Crippen LogP contribution is -2.34. The summed E-state index contributed by atoms with van der Waals surface area (Å²) in [6, 6.07) is 0.687. The largest absolute Gasteiger partial charge is 0.385 e. The van der Waals surface area contributed by atoms with Crippen LogP contribution in [0.3, 0.4) is 0 Å². The van der Waals surface area contributed by atoms with Gasteiger partial charge in [-0.1, -0.05) is 20.8 Å². The minimum Gasteiger partial charge on any atom is -0.385 e. The van der Waals surface area contributed by atoms with E-state index >= 15 is 0 Å². The molecule has 2 heteroatoms. The highest BCUT2D eigenvalue weighted by Gasteiger charge is 2.10. The SMILES string of the molecule is CCCNC(CCCCOC)C(C)C. The molecule has 0 heterocycles. The fraction of sp³-hybridized carbons (Fsp3) is 1.00. The predicted octanol–water partition coefficient (Wildman–Crippen LogP) is 2.83. The Balaban J connectivity index is 3.52. The van der Waals surface area contributed by atoms with Gasteiger partial charge in [-0.3, -0.25) is 0 Å². The highest BCUT2D eigenvalue weighted by atomic mass is 16.5. The molecular weight excluding hydrogens is 174 g/mol. The minimum atomic E-state index is 0.687. The number of rotatable bonds is 9. The smallest absolute Gasteiger partial charge is 0.0462 e. The average molecular weight is 201 g/mol. The molecule has 0 aromatic heterocycles. The zero-order valence-electron chi connectivity index (χ0n) is 10.3. The summed E-state index contributed by atoms with van der Waals surface area (Å²) in [6.07, 6.45) is 4.96. The van der Waals surface area contributed by atoms with Crippen LogP contribution in [0.5, 0.6) is 0 Å². The van der Waals surface area contributed by atoms with Gasteiger partial charge in [0.15, 0.2) is 0 Å². The number of hydrogen-bond acceptors (Lipinski definition) is 2. The van der Waals surface area contributed by atoms with Crippen molar-refractivity contribution in [1.82, 2.24) is 5.32 Å². The molecule has 0 amide bonds. The number of unbranched alkanes of at least 4 members (excludes halogenated alkanes) is 1. The first-order valence-corrected chi connectivity index (χ1v) is 5.94. The van der Waals surface area contributed by atoms with E-state index in [2.05, 4.69) is 26.1 Å². The summed E-state index contributed by atoms with van der Waals surface area (Å²) in [5.74, 6) is 0.740. The van der Waals surface area contributed by atoms with Crippen molar-refractivity contribution in [2.75, 3.05) is 20.3 Å². The van der Waals surface area contributed by atoms with Gasteiger partial charge >= 0.3 is 0 Å². The van der Waals surface area contributed by atoms with Crippen molar-refractivity contribution >= 4 is 0 Å². The Hall–Kier alpha value is -0.0800. The van der Waals surface area contributed by atoms with Crippen LogP contribution in [-0.4, -0.2) is 26.3 Å². The van der Waals surface area contributed by atoms with Crippen molar-refractivity contribution in [3.05, 3.63) is 0 Å². The highest BCUT2D eigenvalue weighted by molar-refractivity contribution is 4.69. The second kappa shape index (κ2) is 9.47. The second-order valence-corrected chi connectivity index (χ2v) is 4.29. The molecule has 0 aromatic carbocycles. The van der Waals surface area contributed by atoms with Gasteiger partial charge in [-0.05, 0) is 38.1 Å². The molecular formula is C12H27NO. The quantitative estimate of drug-likeness (QED) is 0.579. The summed E-state index contributed by atoms with van der Waals surface area (Å²) in [7, 11) is 1.77. The minimum absolute atomic E-state index is 0.687. The van der Waals surface area contributed by atoms with Gasteiger partial charge in [0, 0.05) is 19.8 Å². The lowest BCUT2D eigenvalue weighted by molar-refractivity contribution is 0.189.